The van der Waals surface area contributed by atoms with E-state index in [4.69, 9.17) is 0 Å². The van der Waals surface area contributed by atoms with Gasteiger partial charge in [-0.2, -0.15) is 0 Å². The van der Waals surface area contributed by atoms with Crippen LogP contribution in [0.1, 0.15) is 32.9 Å². The molecule has 3 rings (SSSR count). The Morgan fingerprint density at radius 1 is 1.14 bits per heavy atom. The highest BCUT2D eigenvalue weighted by Gasteiger charge is 2.11. The summed E-state index contributed by atoms with van der Waals surface area (Å²) in [5, 5.41) is 1.04. The van der Waals surface area contributed by atoms with Gasteiger partial charge in [0.15, 0.2) is 5.78 Å². The Kier molecular flexibility index (Phi) is 3.84. The SMILES string of the molecule is Cc1ccc(C(=O)CCc2nc3ccccc3s2)c(C)c1. The van der Waals surface area contributed by atoms with Crippen molar-refractivity contribution in [3.05, 3.63) is 64.2 Å². The van der Waals surface area contributed by atoms with Gasteiger partial charge in [0.05, 0.1) is 15.2 Å². The smallest absolute Gasteiger partial charge is 0.163 e. The summed E-state index contributed by atoms with van der Waals surface area (Å²) in [4.78, 5) is 16.9. The fourth-order valence-electron chi connectivity index (χ4n) is 2.51. The van der Waals surface area contributed by atoms with Crippen molar-refractivity contribution >= 4 is 27.3 Å². The zero-order chi connectivity index (χ0) is 14.8. The van der Waals surface area contributed by atoms with Gasteiger partial charge in [-0.3, -0.25) is 4.79 Å². The van der Waals surface area contributed by atoms with Crippen LogP contribution in [0.15, 0.2) is 42.5 Å². The molecule has 0 spiro atoms. The van der Waals surface area contributed by atoms with Crippen LogP contribution in [0.5, 0.6) is 0 Å². The first-order chi connectivity index (χ1) is 10.1. The number of nitrogens with zero attached hydrogens (tertiary/aromatic N) is 1. The van der Waals surface area contributed by atoms with Crippen LogP contribution in [0.3, 0.4) is 0 Å². The van der Waals surface area contributed by atoms with Crippen molar-refractivity contribution in [1.29, 1.82) is 0 Å². The zero-order valence-corrected chi connectivity index (χ0v) is 13.0. The van der Waals surface area contributed by atoms with Crippen molar-refractivity contribution in [2.75, 3.05) is 0 Å². The Labute approximate surface area is 128 Å². The Hall–Kier alpha value is -2.00. The van der Waals surface area contributed by atoms with Crippen molar-refractivity contribution in [2.24, 2.45) is 0 Å². The maximum Gasteiger partial charge on any atom is 0.163 e. The van der Waals surface area contributed by atoms with E-state index in [2.05, 4.69) is 17.1 Å². The normalized spacial score (nSPS) is 11.0. The predicted molar refractivity (Wildman–Crippen MR) is 88.2 cm³/mol. The molecule has 0 aliphatic rings. The van der Waals surface area contributed by atoms with E-state index in [9.17, 15) is 4.79 Å². The standard InChI is InChI=1S/C18H17NOS/c1-12-7-8-14(13(2)11-12)16(20)9-10-18-19-15-5-3-4-6-17(15)21-18/h3-8,11H,9-10H2,1-2H3. The van der Waals surface area contributed by atoms with E-state index in [0.717, 1.165) is 21.7 Å². The third-order valence-electron chi connectivity index (χ3n) is 3.59. The Morgan fingerprint density at radius 3 is 2.71 bits per heavy atom. The van der Waals surface area contributed by atoms with E-state index in [1.54, 1.807) is 11.3 Å². The number of carbonyl (C=O) groups is 1. The number of hydrogen-bond donors (Lipinski definition) is 0. The number of thiazole rings is 1. The lowest BCUT2D eigenvalue weighted by molar-refractivity contribution is 0.0982. The molecule has 106 valence electrons. The molecule has 0 atom stereocenters. The number of aromatic nitrogens is 1. The lowest BCUT2D eigenvalue weighted by Crippen LogP contribution is -2.03. The minimum atomic E-state index is 0.201. The van der Waals surface area contributed by atoms with Crippen molar-refractivity contribution in [2.45, 2.75) is 26.7 Å². The molecule has 0 saturated heterocycles. The summed E-state index contributed by atoms with van der Waals surface area (Å²) in [5.41, 5.74) is 4.11. The number of aryl methyl sites for hydroxylation is 3. The molecular formula is C18H17NOS. The molecule has 3 heteroatoms. The molecule has 1 aromatic heterocycles. The number of rotatable bonds is 4. The molecule has 3 aromatic rings. The molecule has 0 amide bonds. The number of fused-ring (bicyclic) bond motifs is 1. The average molecular weight is 295 g/mol. The molecule has 2 nitrogen and oxygen atoms in total. The van der Waals surface area contributed by atoms with Gasteiger partial charge in [0, 0.05) is 18.4 Å². The van der Waals surface area contributed by atoms with Crippen LogP contribution in [0.25, 0.3) is 10.2 Å². The Bertz CT molecular complexity index is 771. The van der Waals surface area contributed by atoms with Crippen LogP contribution in [-0.4, -0.2) is 10.8 Å². The van der Waals surface area contributed by atoms with Gasteiger partial charge in [0.25, 0.3) is 0 Å². The van der Waals surface area contributed by atoms with E-state index in [-0.39, 0.29) is 5.78 Å². The minimum Gasteiger partial charge on any atom is -0.294 e. The first kappa shape index (κ1) is 14.0. The summed E-state index contributed by atoms with van der Waals surface area (Å²) in [7, 11) is 0. The number of Topliss-reactive ketones (excluding diaryl/α,β-unsaturated/α-hetero) is 1. The fourth-order valence-corrected chi connectivity index (χ4v) is 3.48. The molecule has 0 fully saturated rings. The Balaban J connectivity index is 1.73. The van der Waals surface area contributed by atoms with Gasteiger partial charge in [0.1, 0.15) is 0 Å². The van der Waals surface area contributed by atoms with Gasteiger partial charge < -0.3 is 0 Å². The van der Waals surface area contributed by atoms with Crippen molar-refractivity contribution in [3.63, 3.8) is 0 Å². The second-order valence-electron chi connectivity index (χ2n) is 5.32. The van der Waals surface area contributed by atoms with Crippen molar-refractivity contribution < 1.29 is 4.79 Å². The highest BCUT2D eigenvalue weighted by atomic mass is 32.1. The van der Waals surface area contributed by atoms with Crippen LogP contribution in [0, 0.1) is 13.8 Å². The van der Waals surface area contributed by atoms with Gasteiger partial charge in [0.2, 0.25) is 0 Å². The van der Waals surface area contributed by atoms with E-state index >= 15 is 0 Å². The fraction of sp³-hybridized carbons (Fsp3) is 0.222. The lowest BCUT2D eigenvalue weighted by atomic mass is 10.00. The predicted octanol–water partition coefficient (Wildman–Crippen LogP) is 4.73. The van der Waals surface area contributed by atoms with E-state index in [0.29, 0.717) is 12.8 Å². The first-order valence-electron chi connectivity index (χ1n) is 7.08. The van der Waals surface area contributed by atoms with E-state index in [1.165, 1.54) is 10.3 Å². The molecule has 0 radical (unpaired) electrons. The summed E-state index contributed by atoms with van der Waals surface area (Å²) in [6.45, 7) is 4.04. The number of para-hydroxylation sites is 1. The van der Waals surface area contributed by atoms with Crippen LogP contribution < -0.4 is 0 Å². The molecule has 0 bridgehead atoms. The number of ketones is 1. The zero-order valence-electron chi connectivity index (χ0n) is 12.2. The summed E-state index contributed by atoms with van der Waals surface area (Å²) in [6, 6.07) is 14.1. The number of hydrogen-bond acceptors (Lipinski definition) is 3. The Morgan fingerprint density at radius 2 is 1.95 bits per heavy atom. The van der Waals surface area contributed by atoms with Gasteiger partial charge in [-0.25, -0.2) is 4.98 Å². The average Bonchev–Trinajstić information content (AvgIpc) is 2.87. The van der Waals surface area contributed by atoms with Crippen LogP contribution in [0.2, 0.25) is 0 Å². The monoisotopic (exact) mass is 295 g/mol. The minimum absolute atomic E-state index is 0.201. The molecule has 0 N–H and O–H groups in total. The van der Waals surface area contributed by atoms with E-state index < -0.39 is 0 Å². The maximum atomic E-state index is 12.3. The lowest BCUT2D eigenvalue weighted by Gasteiger charge is -2.05. The highest BCUT2D eigenvalue weighted by Crippen LogP contribution is 2.23. The number of carbonyl (C=O) groups excluding carboxylic acids is 1. The second kappa shape index (κ2) is 5.78. The molecule has 2 aromatic carbocycles. The molecule has 0 aliphatic heterocycles. The summed E-state index contributed by atoms with van der Waals surface area (Å²) >= 11 is 1.68. The maximum absolute atomic E-state index is 12.3. The van der Waals surface area contributed by atoms with Gasteiger partial charge in [-0.1, -0.05) is 35.9 Å². The van der Waals surface area contributed by atoms with Crippen LogP contribution in [0.4, 0.5) is 0 Å². The molecule has 21 heavy (non-hydrogen) atoms. The van der Waals surface area contributed by atoms with Gasteiger partial charge >= 0.3 is 0 Å². The largest absolute Gasteiger partial charge is 0.294 e. The van der Waals surface area contributed by atoms with Crippen molar-refractivity contribution in [3.8, 4) is 0 Å². The molecule has 0 aliphatic carbocycles. The van der Waals surface area contributed by atoms with Crippen LogP contribution >= 0.6 is 11.3 Å². The topological polar surface area (TPSA) is 30.0 Å². The third-order valence-corrected chi connectivity index (χ3v) is 4.68. The molecule has 1 heterocycles. The summed E-state index contributed by atoms with van der Waals surface area (Å²) in [6.07, 6.45) is 1.23. The first-order valence-corrected chi connectivity index (χ1v) is 7.90. The molecule has 0 saturated carbocycles. The second-order valence-corrected chi connectivity index (χ2v) is 6.43. The van der Waals surface area contributed by atoms with E-state index in [1.807, 2.05) is 44.2 Å². The number of benzene rings is 2. The van der Waals surface area contributed by atoms with Crippen LogP contribution in [-0.2, 0) is 6.42 Å². The molecule has 0 unspecified atom stereocenters. The third kappa shape index (κ3) is 3.03. The summed E-state index contributed by atoms with van der Waals surface area (Å²) < 4.78 is 1.19. The quantitative estimate of drug-likeness (QED) is 0.651. The van der Waals surface area contributed by atoms with Gasteiger partial charge in [-0.05, 0) is 31.5 Å². The summed E-state index contributed by atoms with van der Waals surface area (Å²) in [5.74, 6) is 0.201. The highest BCUT2D eigenvalue weighted by molar-refractivity contribution is 7.18. The van der Waals surface area contributed by atoms with Crippen molar-refractivity contribution in [1.82, 2.24) is 4.98 Å². The van der Waals surface area contributed by atoms with Gasteiger partial charge in [-0.15, -0.1) is 11.3 Å². The molecular weight excluding hydrogens is 278 g/mol.